The molecule has 1 atom stereocenters. The Morgan fingerprint density at radius 2 is 2.28 bits per heavy atom. The summed E-state index contributed by atoms with van der Waals surface area (Å²) in [5.74, 6) is 1.64. The van der Waals surface area contributed by atoms with Gasteiger partial charge >= 0.3 is 0 Å². The third-order valence-corrected chi connectivity index (χ3v) is 4.07. The van der Waals surface area contributed by atoms with Gasteiger partial charge in [0.15, 0.2) is 5.82 Å². The van der Waals surface area contributed by atoms with E-state index in [1.54, 1.807) is 11.3 Å². The second-order valence-corrected chi connectivity index (χ2v) is 5.58. The summed E-state index contributed by atoms with van der Waals surface area (Å²) in [5, 5.41) is 5.11. The number of thiazole rings is 1. The lowest BCUT2D eigenvalue weighted by molar-refractivity contribution is 0.192. The van der Waals surface area contributed by atoms with E-state index in [-0.39, 0.29) is 5.92 Å². The van der Waals surface area contributed by atoms with E-state index in [1.807, 2.05) is 6.92 Å². The molecule has 1 saturated heterocycles. The van der Waals surface area contributed by atoms with Crippen LogP contribution in [0.2, 0.25) is 0 Å². The molecule has 1 fully saturated rings. The van der Waals surface area contributed by atoms with Crippen molar-refractivity contribution in [2.45, 2.75) is 32.6 Å². The normalized spacial score (nSPS) is 19.6. The van der Waals surface area contributed by atoms with Gasteiger partial charge in [0.1, 0.15) is 4.88 Å². The summed E-state index contributed by atoms with van der Waals surface area (Å²) in [4.78, 5) is 9.98. The minimum atomic E-state index is 0.279. The zero-order chi connectivity index (χ0) is 12.5. The predicted octanol–water partition coefficient (Wildman–Crippen LogP) is 2.57. The fourth-order valence-corrected chi connectivity index (χ4v) is 3.04. The molecule has 2 aromatic rings. The first-order valence-corrected chi connectivity index (χ1v) is 6.97. The Morgan fingerprint density at radius 1 is 1.39 bits per heavy atom. The van der Waals surface area contributed by atoms with E-state index in [9.17, 15) is 0 Å². The summed E-state index contributed by atoms with van der Waals surface area (Å²) in [6, 6.07) is 0. The number of rotatable bonds is 3. The summed E-state index contributed by atoms with van der Waals surface area (Å²) in [6.07, 6.45) is 1.85. The predicted molar refractivity (Wildman–Crippen MR) is 67.7 cm³/mol. The Balaban J connectivity index is 1.92. The molecule has 1 aliphatic rings. The smallest absolute Gasteiger partial charge is 0.269 e. The summed E-state index contributed by atoms with van der Waals surface area (Å²) < 4.78 is 10.7. The molecule has 0 aliphatic carbocycles. The molecule has 96 valence electrons. The fourth-order valence-electron chi connectivity index (χ4n) is 2.11. The van der Waals surface area contributed by atoms with Crippen molar-refractivity contribution in [1.82, 2.24) is 15.1 Å². The quantitative estimate of drug-likeness (QED) is 0.853. The van der Waals surface area contributed by atoms with Crippen LogP contribution in [0.4, 0.5) is 0 Å². The molecule has 0 bridgehead atoms. The number of aromatic nitrogens is 3. The molecule has 0 aromatic carbocycles. The van der Waals surface area contributed by atoms with Gasteiger partial charge in [0, 0.05) is 12.5 Å². The van der Waals surface area contributed by atoms with Crippen LogP contribution in [-0.2, 0) is 11.2 Å². The number of aryl methyl sites for hydroxylation is 2. The number of nitrogens with zero attached hydrogens (tertiary/aromatic N) is 3. The van der Waals surface area contributed by atoms with E-state index in [2.05, 4.69) is 22.0 Å². The van der Waals surface area contributed by atoms with Gasteiger partial charge in [-0.3, -0.25) is 0 Å². The van der Waals surface area contributed by atoms with Crippen LogP contribution >= 0.6 is 11.3 Å². The van der Waals surface area contributed by atoms with Crippen LogP contribution in [0.5, 0.6) is 0 Å². The van der Waals surface area contributed by atoms with Gasteiger partial charge in [0.2, 0.25) is 0 Å². The second kappa shape index (κ2) is 4.78. The maximum Gasteiger partial charge on any atom is 0.269 e. The van der Waals surface area contributed by atoms with Crippen molar-refractivity contribution in [1.29, 1.82) is 0 Å². The zero-order valence-corrected chi connectivity index (χ0v) is 11.3. The molecule has 5 nitrogen and oxygen atoms in total. The highest BCUT2D eigenvalue weighted by Crippen LogP contribution is 2.31. The first kappa shape index (κ1) is 11.8. The van der Waals surface area contributed by atoms with Gasteiger partial charge in [-0.25, -0.2) is 4.98 Å². The van der Waals surface area contributed by atoms with E-state index in [0.717, 1.165) is 40.9 Å². The van der Waals surface area contributed by atoms with Gasteiger partial charge in [-0.2, -0.15) is 4.98 Å². The maximum absolute atomic E-state index is 5.37. The SMILES string of the molecule is CCc1nc(C)sc1-c1nc([C@@H]2CCOC2)no1. The van der Waals surface area contributed by atoms with Crippen LogP contribution in [0, 0.1) is 6.92 Å². The highest BCUT2D eigenvalue weighted by molar-refractivity contribution is 7.15. The van der Waals surface area contributed by atoms with E-state index < -0.39 is 0 Å². The maximum atomic E-state index is 5.37. The molecule has 0 N–H and O–H groups in total. The molecule has 0 saturated carbocycles. The summed E-state index contributed by atoms with van der Waals surface area (Å²) >= 11 is 1.61. The molecule has 0 radical (unpaired) electrons. The summed E-state index contributed by atoms with van der Waals surface area (Å²) in [7, 11) is 0. The molecule has 6 heteroatoms. The van der Waals surface area contributed by atoms with Gasteiger partial charge in [-0.05, 0) is 19.8 Å². The van der Waals surface area contributed by atoms with E-state index in [4.69, 9.17) is 9.26 Å². The number of hydrogen-bond acceptors (Lipinski definition) is 6. The molecular weight excluding hydrogens is 250 g/mol. The lowest BCUT2D eigenvalue weighted by Crippen LogP contribution is -1.99. The molecule has 18 heavy (non-hydrogen) atoms. The van der Waals surface area contributed by atoms with Crippen LogP contribution in [0.25, 0.3) is 10.8 Å². The van der Waals surface area contributed by atoms with Gasteiger partial charge in [-0.15, -0.1) is 11.3 Å². The van der Waals surface area contributed by atoms with Gasteiger partial charge in [-0.1, -0.05) is 12.1 Å². The molecule has 2 aromatic heterocycles. The molecule has 0 unspecified atom stereocenters. The molecule has 3 rings (SSSR count). The molecule has 1 aliphatic heterocycles. The van der Waals surface area contributed by atoms with Crippen LogP contribution < -0.4 is 0 Å². The molecule has 0 spiro atoms. The van der Waals surface area contributed by atoms with Crippen molar-refractivity contribution in [3.8, 4) is 10.8 Å². The van der Waals surface area contributed by atoms with Crippen LogP contribution in [0.15, 0.2) is 4.52 Å². The highest BCUT2D eigenvalue weighted by atomic mass is 32.1. The Kier molecular flexibility index (Phi) is 3.13. The van der Waals surface area contributed by atoms with Crippen molar-refractivity contribution in [3.63, 3.8) is 0 Å². The topological polar surface area (TPSA) is 61.0 Å². The summed E-state index contributed by atoms with van der Waals surface area (Å²) in [5.41, 5.74) is 1.04. The minimum absolute atomic E-state index is 0.279. The average Bonchev–Trinajstić information content (AvgIpc) is 3.08. The van der Waals surface area contributed by atoms with Gasteiger partial charge in [0.25, 0.3) is 5.89 Å². The lowest BCUT2D eigenvalue weighted by Gasteiger charge is -1.97. The van der Waals surface area contributed by atoms with Gasteiger partial charge in [0.05, 0.1) is 17.3 Å². The number of hydrogen-bond donors (Lipinski definition) is 0. The van der Waals surface area contributed by atoms with Crippen LogP contribution in [0.1, 0.15) is 35.8 Å². The largest absolute Gasteiger partial charge is 0.381 e. The van der Waals surface area contributed by atoms with Crippen molar-refractivity contribution < 1.29 is 9.26 Å². The highest BCUT2D eigenvalue weighted by Gasteiger charge is 2.24. The monoisotopic (exact) mass is 265 g/mol. The first-order chi connectivity index (χ1) is 8.78. The Labute approximate surface area is 109 Å². The van der Waals surface area contributed by atoms with E-state index >= 15 is 0 Å². The van der Waals surface area contributed by atoms with Crippen molar-refractivity contribution in [2.75, 3.05) is 13.2 Å². The number of ether oxygens (including phenoxy) is 1. The second-order valence-electron chi connectivity index (χ2n) is 4.38. The first-order valence-electron chi connectivity index (χ1n) is 6.16. The fraction of sp³-hybridized carbons (Fsp3) is 0.583. The third kappa shape index (κ3) is 2.06. The van der Waals surface area contributed by atoms with Crippen LogP contribution in [0.3, 0.4) is 0 Å². The van der Waals surface area contributed by atoms with E-state index in [1.165, 1.54) is 0 Å². The molecule has 3 heterocycles. The minimum Gasteiger partial charge on any atom is -0.381 e. The van der Waals surface area contributed by atoms with Gasteiger partial charge < -0.3 is 9.26 Å². The van der Waals surface area contributed by atoms with Crippen molar-refractivity contribution >= 4 is 11.3 Å². The summed E-state index contributed by atoms with van der Waals surface area (Å²) in [6.45, 7) is 5.56. The van der Waals surface area contributed by atoms with Crippen molar-refractivity contribution in [2.24, 2.45) is 0 Å². The average molecular weight is 265 g/mol. The standard InChI is InChI=1S/C12H15N3O2S/c1-3-9-10(18-7(2)13-9)12-14-11(15-17-12)8-4-5-16-6-8/h8H,3-6H2,1-2H3/t8-/m1/s1. The zero-order valence-electron chi connectivity index (χ0n) is 10.5. The Morgan fingerprint density at radius 3 is 3.00 bits per heavy atom. The van der Waals surface area contributed by atoms with Crippen molar-refractivity contribution in [3.05, 3.63) is 16.5 Å². The Bertz CT molecular complexity index is 543. The molecule has 0 amide bonds. The molecular formula is C12H15N3O2S. The lowest BCUT2D eigenvalue weighted by atomic mass is 10.1. The Hall–Kier alpha value is -1.27. The third-order valence-electron chi connectivity index (χ3n) is 3.07. The van der Waals surface area contributed by atoms with Crippen LogP contribution in [-0.4, -0.2) is 28.3 Å². The van der Waals surface area contributed by atoms with E-state index in [0.29, 0.717) is 12.5 Å².